The molecule has 0 aromatic heterocycles. The summed E-state index contributed by atoms with van der Waals surface area (Å²) in [4.78, 5) is 22.1. The van der Waals surface area contributed by atoms with Gasteiger partial charge in [-0.05, 0) is 23.8 Å². The summed E-state index contributed by atoms with van der Waals surface area (Å²) >= 11 is 0. The highest BCUT2D eigenvalue weighted by Crippen LogP contribution is 2.31. The van der Waals surface area contributed by atoms with Gasteiger partial charge in [0, 0.05) is 5.56 Å². The number of aliphatic carboxylic acids is 1. The minimum absolute atomic E-state index is 0.167. The first kappa shape index (κ1) is 14.6. The molecule has 1 atom stereocenters. The molecule has 2 aromatic carbocycles. The lowest BCUT2D eigenvalue weighted by molar-refractivity contribution is -0.314. The van der Waals surface area contributed by atoms with E-state index in [0.29, 0.717) is 23.2 Å². The van der Waals surface area contributed by atoms with Crippen LogP contribution in [0.4, 0.5) is 0 Å². The van der Waals surface area contributed by atoms with E-state index in [0.717, 1.165) is 0 Å². The van der Waals surface area contributed by atoms with E-state index in [2.05, 4.69) is 0 Å². The van der Waals surface area contributed by atoms with Gasteiger partial charge in [0.1, 0.15) is 6.29 Å². The maximum Gasteiger partial charge on any atom is 0.163 e. The Balaban J connectivity index is 2.37. The van der Waals surface area contributed by atoms with Crippen molar-refractivity contribution in [2.24, 2.45) is 0 Å². The van der Waals surface area contributed by atoms with Crippen molar-refractivity contribution in [3.63, 3.8) is 0 Å². The molecule has 0 spiro atoms. The lowest BCUT2D eigenvalue weighted by Crippen LogP contribution is -2.33. The van der Waals surface area contributed by atoms with E-state index in [-0.39, 0.29) is 5.75 Å². The molecule has 2 aromatic rings. The fourth-order valence-corrected chi connectivity index (χ4v) is 1.87. The molecule has 0 heterocycles. The normalized spacial score (nSPS) is 11.5. The molecular weight excluding hydrogens is 272 g/mol. The third kappa shape index (κ3) is 3.39. The number of carbonyl (C=O) groups excluding carboxylic acids is 2. The predicted molar refractivity (Wildman–Crippen MR) is 73.2 cm³/mol. The highest BCUT2D eigenvalue weighted by molar-refractivity contribution is 5.77. The molecule has 108 valence electrons. The summed E-state index contributed by atoms with van der Waals surface area (Å²) in [6, 6.07) is 12.9. The van der Waals surface area contributed by atoms with E-state index in [1.165, 1.54) is 19.2 Å². The fourth-order valence-electron chi connectivity index (χ4n) is 1.87. The van der Waals surface area contributed by atoms with Crippen LogP contribution in [0.3, 0.4) is 0 Å². The van der Waals surface area contributed by atoms with Crippen molar-refractivity contribution in [3.05, 3.63) is 59.7 Å². The Morgan fingerprint density at radius 1 is 1.14 bits per heavy atom. The van der Waals surface area contributed by atoms with Crippen molar-refractivity contribution in [2.75, 3.05) is 7.11 Å². The molecule has 0 bridgehead atoms. The molecule has 5 heteroatoms. The van der Waals surface area contributed by atoms with E-state index in [1.54, 1.807) is 36.4 Å². The van der Waals surface area contributed by atoms with Gasteiger partial charge in [0.05, 0.1) is 13.1 Å². The average molecular weight is 285 g/mol. The molecule has 21 heavy (non-hydrogen) atoms. The molecule has 0 saturated heterocycles. The minimum atomic E-state index is -1.38. The van der Waals surface area contributed by atoms with Crippen LogP contribution in [0, 0.1) is 0 Å². The van der Waals surface area contributed by atoms with E-state index < -0.39 is 12.1 Å². The van der Waals surface area contributed by atoms with Crippen LogP contribution in [-0.2, 0) is 4.79 Å². The molecule has 0 aliphatic carbocycles. The second kappa shape index (κ2) is 6.56. The molecule has 0 saturated carbocycles. The van der Waals surface area contributed by atoms with E-state index in [4.69, 9.17) is 9.47 Å². The molecule has 2 rings (SSSR count). The number of carbonyl (C=O) groups is 2. The monoisotopic (exact) mass is 285 g/mol. The van der Waals surface area contributed by atoms with Crippen LogP contribution in [0.15, 0.2) is 48.5 Å². The van der Waals surface area contributed by atoms with Crippen LogP contribution < -0.4 is 14.6 Å². The number of methoxy groups -OCH3 is 1. The largest absolute Gasteiger partial charge is 0.546 e. The molecule has 0 fully saturated rings. The average Bonchev–Trinajstić information content (AvgIpc) is 2.52. The van der Waals surface area contributed by atoms with Crippen molar-refractivity contribution < 1.29 is 24.2 Å². The molecule has 0 N–H and O–H groups in total. The van der Waals surface area contributed by atoms with Crippen LogP contribution in [0.25, 0.3) is 0 Å². The van der Waals surface area contributed by atoms with Crippen LogP contribution in [0.2, 0.25) is 0 Å². The van der Waals surface area contributed by atoms with Crippen molar-refractivity contribution >= 4 is 12.3 Å². The molecule has 0 radical (unpaired) electrons. The maximum absolute atomic E-state index is 11.3. The maximum atomic E-state index is 11.3. The Labute approximate surface area is 121 Å². The van der Waals surface area contributed by atoms with Crippen molar-refractivity contribution in [2.45, 2.75) is 6.10 Å². The summed E-state index contributed by atoms with van der Waals surface area (Å²) in [5, 5.41) is 11.3. The zero-order valence-corrected chi connectivity index (χ0v) is 11.3. The van der Waals surface area contributed by atoms with Crippen LogP contribution >= 0.6 is 0 Å². The Bertz CT molecular complexity index is 636. The number of aldehydes is 1. The zero-order chi connectivity index (χ0) is 15.2. The van der Waals surface area contributed by atoms with E-state index in [1.807, 2.05) is 0 Å². The van der Waals surface area contributed by atoms with E-state index >= 15 is 0 Å². The number of hydrogen-bond acceptors (Lipinski definition) is 5. The standard InChI is InChI=1S/C16H14O5/c1-20-13-8-7-11(10-17)9-14(13)21-15(16(18)19)12-5-3-2-4-6-12/h2-10,15H,1H3,(H,18,19)/p-1/t15-/m0/s1. The van der Waals surface area contributed by atoms with Gasteiger partial charge >= 0.3 is 0 Å². The van der Waals surface area contributed by atoms with Gasteiger partial charge in [0.15, 0.2) is 17.6 Å². The van der Waals surface area contributed by atoms with Gasteiger partial charge in [0.2, 0.25) is 0 Å². The summed E-state index contributed by atoms with van der Waals surface area (Å²) in [7, 11) is 1.43. The molecule has 0 unspecified atom stereocenters. The Morgan fingerprint density at radius 2 is 1.86 bits per heavy atom. The van der Waals surface area contributed by atoms with Gasteiger partial charge in [0.25, 0.3) is 0 Å². The number of ether oxygens (including phenoxy) is 2. The predicted octanol–water partition coefficient (Wildman–Crippen LogP) is 1.38. The number of benzene rings is 2. The van der Waals surface area contributed by atoms with Crippen molar-refractivity contribution in [1.82, 2.24) is 0 Å². The Morgan fingerprint density at radius 3 is 2.43 bits per heavy atom. The lowest BCUT2D eigenvalue weighted by atomic mass is 10.1. The van der Waals surface area contributed by atoms with Gasteiger partial charge < -0.3 is 19.4 Å². The lowest BCUT2D eigenvalue weighted by Gasteiger charge is -2.21. The Kier molecular flexibility index (Phi) is 4.56. The van der Waals surface area contributed by atoms with Crippen LogP contribution in [0.1, 0.15) is 22.0 Å². The topological polar surface area (TPSA) is 75.7 Å². The quantitative estimate of drug-likeness (QED) is 0.749. The molecule has 5 nitrogen and oxygen atoms in total. The van der Waals surface area contributed by atoms with Crippen LogP contribution in [0.5, 0.6) is 11.5 Å². The number of hydrogen-bond donors (Lipinski definition) is 0. The van der Waals surface area contributed by atoms with Gasteiger partial charge in [-0.15, -0.1) is 0 Å². The summed E-state index contributed by atoms with van der Waals surface area (Å²) in [6.07, 6.45) is -0.648. The fraction of sp³-hybridized carbons (Fsp3) is 0.125. The SMILES string of the molecule is COc1ccc(C=O)cc1O[C@H](C(=O)[O-])c1ccccc1. The highest BCUT2D eigenvalue weighted by Gasteiger charge is 2.17. The zero-order valence-electron chi connectivity index (χ0n) is 11.3. The first-order valence-corrected chi connectivity index (χ1v) is 6.21. The molecule has 0 amide bonds. The number of carboxylic acids is 1. The van der Waals surface area contributed by atoms with Gasteiger partial charge in [-0.1, -0.05) is 30.3 Å². The summed E-state index contributed by atoms with van der Waals surface area (Å²) in [5.74, 6) is -0.873. The van der Waals surface area contributed by atoms with Gasteiger partial charge in [-0.25, -0.2) is 0 Å². The highest BCUT2D eigenvalue weighted by atomic mass is 16.5. The summed E-state index contributed by atoms with van der Waals surface area (Å²) in [5.41, 5.74) is 0.798. The first-order chi connectivity index (χ1) is 10.2. The van der Waals surface area contributed by atoms with E-state index in [9.17, 15) is 14.7 Å². The molecule has 0 aliphatic rings. The Hall–Kier alpha value is -2.82. The minimum Gasteiger partial charge on any atom is -0.546 e. The van der Waals surface area contributed by atoms with Crippen LogP contribution in [-0.4, -0.2) is 19.4 Å². The number of rotatable bonds is 6. The first-order valence-electron chi connectivity index (χ1n) is 6.21. The number of carboxylic acid groups (broad SMARTS) is 1. The second-order valence-electron chi connectivity index (χ2n) is 4.26. The van der Waals surface area contributed by atoms with Crippen molar-refractivity contribution in [3.8, 4) is 11.5 Å². The molecule has 0 aliphatic heterocycles. The smallest absolute Gasteiger partial charge is 0.163 e. The third-order valence-electron chi connectivity index (χ3n) is 2.88. The third-order valence-corrected chi connectivity index (χ3v) is 2.88. The van der Waals surface area contributed by atoms with Crippen molar-refractivity contribution in [1.29, 1.82) is 0 Å². The second-order valence-corrected chi connectivity index (χ2v) is 4.26. The summed E-state index contributed by atoms with van der Waals surface area (Å²) < 4.78 is 10.6. The molecular formula is C16H13O5-. The van der Waals surface area contributed by atoms with Gasteiger partial charge in [-0.2, -0.15) is 0 Å². The van der Waals surface area contributed by atoms with Gasteiger partial charge in [-0.3, -0.25) is 4.79 Å². The summed E-state index contributed by atoms with van der Waals surface area (Å²) in [6.45, 7) is 0.